The van der Waals surface area contributed by atoms with Crippen molar-refractivity contribution in [1.82, 2.24) is 10.2 Å². The van der Waals surface area contributed by atoms with E-state index in [0.29, 0.717) is 26.4 Å². The van der Waals surface area contributed by atoms with E-state index in [1.165, 1.54) is 18.2 Å². The molecule has 35 heavy (non-hydrogen) atoms. The molecule has 2 N–H and O–H groups in total. The number of carbonyl (C=O) groups is 1. The van der Waals surface area contributed by atoms with Crippen LogP contribution in [0, 0.1) is 0 Å². The van der Waals surface area contributed by atoms with Gasteiger partial charge < -0.3 is 24.2 Å². The maximum atomic E-state index is 15.2. The van der Waals surface area contributed by atoms with Crippen molar-refractivity contribution < 1.29 is 27.5 Å². The fraction of sp³-hybridized carbons (Fsp3) is 0.320. The van der Waals surface area contributed by atoms with Crippen molar-refractivity contribution in [2.24, 2.45) is 0 Å². The number of halogens is 4. The molecule has 1 aliphatic rings. The van der Waals surface area contributed by atoms with Gasteiger partial charge in [-0.25, -0.2) is 0 Å². The Labute approximate surface area is 209 Å². The third-order valence-electron chi connectivity index (χ3n) is 6.21. The van der Waals surface area contributed by atoms with E-state index in [2.05, 4.69) is 5.32 Å². The van der Waals surface area contributed by atoms with E-state index < -0.39 is 29.7 Å². The highest BCUT2D eigenvalue weighted by Gasteiger charge is 2.46. The van der Waals surface area contributed by atoms with Crippen LogP contribution in [0.25, 0.3) is 21.9 Å². The number of aliphatic hydroxyl groups is 1. The molecule has 3 heterocycles. The van der Waals surface area contributed by atoms with Crippen molar-refractivity contribution in [3.63, 3.8) is 0 Å². The molecule has 6 nitrogen and oxygen atoms in total. The molecule has 2 atom stereocenters. The van der Waals surface area contributed by atoms with Crippen LogP contribution in [0.4, 0.5) is 8.78 Å². The monoisotopic (exact) mass is 522 g/mol. The van der Waals surface area contributed by atoms with E-state index in [0.717, 1.165) is 32.0 Å². The Morgan fingerprint density at radius 2 is 1.60 bits per heavy atom. The van der Waals surface area contributed by atoms with Gasteiger partial charge in [0.2, 0.25) is 0 Å². The minimum absolute atomic E-state index is 0.147. The summed E-state index contributed by atoms with van der Waals surface area (Å²) < 4.78 is 41.3. The van der Waals surface area contributed by atoms with Crippen molar-refractivity contribution in [3.05, 3.63) is 70.1 Å². The van der Waals surface area contributed by atoms with Crippen LogP contribution in [-0.4, -0.2) is 41.6 Å². The van der Waals surface area contributed by atoms with E-state index in [1.54, 1.807) is 24.3 Å². The van der Waals surface area contributed by atoms with Gasteiger partial charge in [-0.2, -0.15) is 8.78 Å². The molecule has 0 spiro atoms. The zero-order valence-corrected chi connectivity index (χ0v) is 20.0. The second kappa shape index (κ2) is 9.43. The number of fused-ring (bicyclic) bond motifs is 2. The minimum Gasteiger partial charge on any atom is -0.458 e. The highest BCUT2D eigenvalue weighted by Crippen LogP contribution is 2.35. The third-order valence-corrected chi connectivity index (χ3v) is 6.68. The summed E-state index contributed by atoms with van der Waals surface area (Å²) in [6.45, 7) is 1.67. The van der Waals surface area contributed by atoms with Crippen LogP contribution in [-0.2, 0) is 10.7 Å². The Morgan fingerprint density at radius 1 is 1.00 bits per heavy atom. The number of rotatable bonds is 7. The molecular weight excluding hydrogens is 501 g/mol. The van der Waals surface area contributed by atoms with Gasteiger partial charge in [-0.1, -0.05) is 23.2 Å². The van der Waals surface area contributed by atoms with Gasteiger partial charge in [-0.3, -0.25) is 4.79 Å². The Kier molecular flexibility index (Phi) is 6.48. The molecule has 184 valence electrons. The van der Waals surface area contributed by atoms with E-state index in [-0.39, 0.29) is 17.9 Å². The van der Waals surface area contributed by atoms with E-state index >= 15 is 8.78 Å². The van der Waals surface area contributed by atoms with Gasteiger partial charge in [0, 0.05) is 27.4 Å². The summed E-state index contributed by atoms with van der Waals surface area (Å²) in [4.78, 5) is 14.8. The van der Waals surface area contributed by atoms with Crippen LogP contribution in [0.5, 0.6) is 0 Å². The fourth-order valence-electron chi connectivity index (χ4n) is 4.39. The van der Waals surface area contributed by atoms with E-state index in [4.69, 9.17) is 32.0 Å². The first kappa shape index (κ1) is 24.1. The summed E-state index contributed by atoms with van der Waals surface area (Å²) in [6.07, 6.45) is 0.547. The lowest BCUT2D eigenvalue weighted by Crippen LogP contribution is -2.50. The standard InChI is InChI=1S/C25H22Cl2F2N2O4/c26-16-3-5-19-14(9-16)11-21(34-19)23(32)18(13-31-7-1-2-8-31)30-24(33)25(28,29)22-12-15-10-17(27)4-6-20(15)35-22/h3-6,9-12,18,23,32H,1-2,7-8,13H2,(H,30,33). The van der Waals surface area contributed by atoms with Crippen molar-refractivity contribution in [1.29, 1.82) is 0 Å². The summed E-state index contributed by atoms with van der Waals surface area (Å²) in [5.41, 5.74) is 0.674. The Balaban J connectivity index is 1.41. The average Bonchev–Trinajstić information content (AvgIpc) is 3.57. The Bertz CT molecular complexity index is 1380. The zero-order valence-electron chi connectivity index (χ0n) is 18.4. The van der Waals surface area contributed by atoms with Crippen LogP contribution >= 0.6 is 23.2 Å². The first-order chi connectivity index (χ1) is 16.7. The summed E-state index contributed by atoms with van der Waals surface area (Å²) in [5.74, 6) is -6.21. The van der Waals surface area contributed by atoms with Crippen LogP contribution in [0.1, 0.15) is 30.5 Å². The number of nitrogens with one attached hydrogen (secondary N) is 1. The molecule has 2 aromatic carbocycles. The van der Waals surface area contributed by atoms with Gasteiger partial charge in [-0.15, -0.1) is 0 Å². The van der Waals surface area contributed by atoms with Crippen molar-refractivity contribution in [3.8, 4) is 0 Å². The molecule has 1 aliphatic heterocycles. The highest BCUT2D eigenvalue weighted by molar-refractivity contribution is 6.31. The molecule has 2 unspecified atom stereocenters. The summed E-state index contributed by atoms with van der Waals surface area (Å²) in [7, 11) is 0. The van der Waals surface area contributed by atoms with Gasteiger partial charge in [-0.05, 0) is 74.5 Å². The van der Waals surface area contributed by atoms with Crippen LogP contribution in [0.2, 0.25) is 10.0 Å². The van der Waals surface area contributed by atoms with Gasteiger partial charge >= 0.3 is 5.92 Å². The van der Waals surface area contributed by atoms with Crippen LogP contribution < -0.4 is 5.32 Å². The SMILES string of the molecule is O=C(NC(CN1CCCC1)C(O)c1cc2cc(Cl)ccc2o1)C(F)(F)c1cc2cc(Cl)ccc2o1. The van der Waals surface area contributed by atoms with E-state index in [9.17, 15) is 9.90 Å². The maximum absolute atomic E-state index is 15.2. The number of aliphatic hydroxyl groups excluding tert-OH is 1. The number of amides is 1. The molecule has 2 aromatic heterocycles. The normalized spacial score (nSPS) is 16.7. The molecule has 4 aromatic rings. The zero-order chi connectivity index (χ0) is 24.7. The predicted molar refractivity (Wildman–Crippen MR) is 129 cm³/mol. The van der Waals surface area contributed by atoms with Crippen molar-refractivity contribution in [2.75, 3.05) is 19.6 Å². The van der Waals surface area contributed by atoms with Gasteiger partial charge in [0.1, 0.15) is 23.0 Å². The topological polar surface area (TPSA) is 78.9 Å². The number of benzene rings is 2. The van der Waals surface area contributed by atoms with Gasteiger partial charge in [0.05, 0.1) is 6.04 Å². The molecule has 0 bridgehead atoms. The number of alkyl halides is 2. The molecule has 1 amide bonds. The number of hydrogen-bond donors (Lipinski definition) is 2. The smallest absolute Gasteiger partial charge is 0.380 e. The Morgan fingerprint density at radius 3 is 2.26 bits per heavy atom. The molecule has 1 fully saturated rings. The first-order valence-electron chi connectivity index (χ1n) is 11.2. The minimum atomic E-state index is -3.98. The lowest BCUT2D eigenvalue weighted by Gasteiger charge is -2.28. The van der Waals surface area contributed by atoms with Crippen molar-refractivity contribution in [2.45, 2.75) is 30.9 Å². The number of nitrogens with zero attached hydrogens (tertiary/aromatic N) is 1. The summed E-state index contributed by atoms with van der Waals surface area (Å²) in [5, 5.41) is 15.3. The largest absolute Gasteiger partial charge is 0.458 e. The first-order valence-corrected chi connectivity index (χ1v) is 11.9. The molecule has 0 saturated carbocycles. The van der Waals surface area contributed by atoms with Crippen molar-refractivity contribution >= 4 is 51.0 Å². The number of furan rings is 2. The summed E-state index contributed by atoms with van der Waals surface area (Å²) >= 11 is 12.0. The average molecular weight is 523 g/mol. The predicted octanol–water partition coefficient (Wildman–Crippen LogP) is 5.89. The van der Waals surface area contributed by atoms with Crippen LogP contribution in [0.3, 0.4) is 0 Å². The second-order valence-corrected chi connectivity index (χ2v) is 9.60. The van der Waals surface area contributed by atoms with Gasteiger partial charge in [0.15, 0.2) is 5.76 Å². The van der Waals surface area contributed by atoms with E-state index in [1.807, 2.05) is 4.90 Å². The number of hydrogen-bond acceptors (Lipinski definition) is 5. The molecule has 1 saturated heterocycles. The number of carbonyl (C=O) groups excluding carboxylic acids is 1. The molecule has 10 heteroatoms. The summed E-state index contributed by atoms with van der Waals surface area (Å²) in [6, 6.07) is 11.1. The van der Waals surface area contributed by atoms with Crippen LogP contribution in [0.15, 0.2) is 57.4 Å². The third kappa shape index (κ3) is 4.89. The molecule has 0 aliphatic carbocycles. The molecular formula is C25H22Cl2F2N2O4. The fourth-order valence-corrected chi connectivity index (χ4v) is 4.75. The number of likely N-dealkylation sites (tertiary alicyclic amines) is 1. The lowest BCUT2D eigenvalue weighted by atomic mass is 10.1. The Hall–Kier alpha value is -2.65. The quantitative estimate of drug-likeness (QED) is 0.316. The highest BCUT2D eigenvalue weighted by atomic mass is 35.5. The molecule has 5 rings (SSSR count). The molecule has 0 radical (unpaired) electrons. The maximum Gasteiger partial charge on any atom is 0.380 e. The lowest BCUT2D eigenvalue weighted by molar-refractivity contribution is -0.151. The van der Waals surface area contributed by atoms with Gasteiger partial charge in [0.25, 0.3) is 5.91 Å². The second-order valence-electron chi connectivity index (χ2n) is 8.73.